The normalized spacial score (nSPS) is 10.8. The maximum absolute atomic E-state index is 11.7. The first-order chi connectivity index (χ1) is 9.95. The lowest BCUT2D eigenvalue weighted by Gasteiger charge is -1.99. The van der Waals surface area contributed by atoms with Crippen LogP contribution in [0.5, 0.6) is 0 Å². The zero-order valence-electron chi connectivity index (χ0n) is 11.1. The van der Waals surface area contributed by atoms with Gasteiger partial charge in [-0.05, 0) is 42.3 Å². The molecule has 1 heterocycles. The number of benzene rings is 1. The van der Waals surface area contributed by atoms with Gasteiger partial charge in [0.15, 0.2) is 0 Å². The Kier molecular flexibility index (Phi) is 4.77. The van der Waals surface area contributed by atoms with Crippen molar-refractivity contribution in [3.8, 4) is 0 Å². The number of carboxylic acid groups (broad SMARTS) is 1. The highest BCUT2D eigenvalue weighted by Crippen LogP contribution is 2.22. The van der Waals surface area contributed by atoms with Crippen molar-refractivity contribution < 1.29 is 14.7 Å². The van der Waals surface area contributed by atoms with Gasteiger partial charge in [-0.25, -0.2) is 4.79 Å². The van der Waals surface area contributed by atoms with Crippen molar-refractivity contribution in [2.45, 2.75) is 6.92 Å². The van der Waals surface area contributed by atoms with Crippen LogP contribution in [-0.2, 0) is 4.79 Å². The van der Waals surface area contributed by atoms with Crippen molar-refractivity contribution in [3.05, 3.63) is 57.4 Å². The first-order valence-corrected chi connectivity index (χ1v) is 7.23. The van der Waals surface area contributed by atoms with E-state index in [1.54, 1.807) is 18.2 Å². The average Bonchev–Trinajstić information content (AvgIpc) is 2.89. The fourth-order valence-corrected chi connectivity index (χ4v) is 2.50. The lowest BCUT2D eigenvalue weighted by Crippen LogP contribution is -2.06. The van der Waals surface area contributed by atoms with Gasteiger partial charge in [-0.1, -0.05) is 23.7 Å². The summed E-state index contributed by atoms with van der Waals surface area (Å²) in [4.78, 5) is 22.7. The van der Waals surface area contributed by atoms with Gasteiger partial charge >= 0.3 is 5.97 Å². The second-order valence-corrected chi connectivity index (χ2v) is 5.79. The highest BCUT2D eigenvalue weighted by Gasteiger charge is 2.07. The molecule has 0 radical (unpaired) electrons. The number of rotatable bonds is 4. The molecule has 1 aromatic carbocycles. The molecule has 0 aliphatic heterocycles. The molecule has 108 valence electrons. The minimum absolute atomic E-state index is 0.180. The van der Waals surface area contributed by atoms with Gasteiger partial charge in [0.1, 0.15) is 4.88 Å². The van der Waals surface area contributed by atoms with Crippen molar-refractivity contribution in [1.82, 2.24) is 0 Å². The largest absolute Gasteiger partial charge is 0.477 e. The summed E-state index contributed by atoms with van der Waals surface area (Å²) in [5, 5.41) is 12.5. The first-order valence-electron chi connectivity index (χ1n) is 6.04. The highest BCUT2D eigenvalue weighted by atomic mass is 35.5. The monoisotopic (exact) mass is 321 g/mol. The third kappa shape index (κ3) is 4.18. The van der Waals surface area contributed by atoms with E-state index in [9.17, 15) is 9.59 Å². The lowest BCUT2D eigenvalue weighted by atomic mass is 10.1. The summed E-state index contributed by atoms with van der Waals surface area (Å²) in [6.45, 7) is 1.90. The van der Waals surface area contributed by atoms with Crippen molar-refractivity contribution >= 4 is 45.9 Å². The predicted molar refractivity (Wildman–Crippen MR) is 85.1 cm³/mol. The molecule has 1 amide bonds. The Bertz CT molecular complexity index is 721. The number of aromatic carboxylic acids is 1. The predicted octanol–water partition coefficient (Wildman–Crippen LogP) is 4.06. The van der Waals surface area contributed by atoms with Crippen LogP contribution in [0.3, 0.4) is 0 Å². The Labute approximate surface area is 130 Å². The molecule has 0 aliphatic carbocycles. The van der Waals surface area contributed by atoms with Gasteiger partial charge in [-0.15, -0.1) is 11.3 Å². The van der Waals surface area contributed by atoms with Crippen LogP contribution < -0.4 is 5.32 Å². The van der Waals surface area contributed by atoms with Crippen LogP contribution in [0.15, 0.2) is 36.4 Å². The summed E-state index contributed by atoms with van der Waals surface area (Å²) in [6, 6.07) is 8.51. The van der Waals surface area contributed by atoms with Crippen LogP contribution in [0.2, 0.25) is 5.02 Å². The van der Waals surface area contributed by atoms with E-state index >= 15 is 0 Å². The Balaban J connectivity index is 2.01. The summed E-state index contributed by atoms with van der Waals surface area (Å²) in [6.07, 6.45) is 3.02. The standard InChI is InChI=1S/C15H12ClNO3S/c1-9-2-3-10(8-11(9)16)4-6-13(18)17-14-7-5-12(21-14)15(19)20/h2-8H,1H3,(H,17,18)(H,19,20)/b6-4+. The van der Waals surface area contributed by atoms with E-state index in [0.717, 1.165) is 22.5 Å². The Morgan fingerprint density at radius 2 is 2.05 bits per heavy atom. The van der Waals surface area contributed by atoms with E-state index in [-0.39, 0.29) is 10.8 Å². The van der Waals surface area contributed by atoms with Crippen molar-refractivity contribution in [1.29, 1.82) is 0 Å². The molecule has 1 aromatic heterocycles. The van der Waals surface area contributed by atoms with Crippen molar-refractivity contribution in [2.24, 2.45) is 0 Å². The van der Waals surface area contributed by atoms with Gasteiger partial charge < -0.3 is 10.4 Å². The van der Waals surface area contributed by atoms with Crippen LogP contribution in [0.25, 0.3) is 6.08 Å². The molecule has 0 atom stereocenters. The number of carbonyl (C=O) groups is 2. The third-order valence-corrected chi connectivity index (χ3v) is 4.08. The number of anilines is 1. The smallest absolute Gasteiger partial charge is 0.345 e. The summed E-state index contributed by atoms with van der Waals surface area (Å²) in [5.41, 5.74) is 1.79. The molecule has 2 rings (SSSR count). The van der Waals surface area contributed by atoms with Gasteiger partial charge in [0.05, 0.1) is 5.00 Å². The summed E-state index contributed by atoms with van der Waals surface area (Å²) in [7, 11) is 0. The molecular weight excluding hydrogens is 310 g/mol. The molecule has 0 saturated carbocycles. The van der Waals surface area contributed by atoms with E-state index in [1.165, 1.54) is 12.1 Å². The summed E-state index contributed by atoms with van der Waals surface area (Å²) < 4.78 is 0. The quantitative estimate of drug-likeness (QED) is 0.834. The molecule has 6 heteroatoms. The van der Waals surface area contributed by atoms with Gasteiger partial charge in [0.25, 0.3) is 0 Å². The van der Waals surface area contributed by atoms with Crippen molar-refractivity contribution in [2.75, 3.05) is 5.32 Å². The molecule has 0 saturated heterocycles. The van der Waals surface area contributed by atoms with E-state index in [0.29, 0.717) is 10.0 Å². The van der Waals surface area contributed by atoms with Crippen LogP contribution >= 0.6 is 22.9 Å². The van der Waals surface area contributed by atoms with Crippen LogP contribution in [0.4, 0.5) is 5.00 Å². The number of hydrogen-bond acceptors (Lipinski definition) is 3. The number of nitrogens with one attached hydrogen (secondary N) is 1. The third-order valence-electron chi connectivity index (χ3n) is 2.69. The number of hydrogen-bond donors (Lipinski definition) is 2. The van der Waals surface area contributed by atoms with Gasteiger partial charge in [-0.2, -0.15) is 0 Å². The lowest BCUT2D eigenvalue weighted by molar-refractivity contribution is -0.111. The van der Waals surface area contributed by atoms with Crippen molar-refractivity contribution in [3.63, 3.8) is 0 Å². The number of carboxylic acids is 1. The molecule has 0 bridgehead atoms. The molecule has 2 N–H and O–H groups in total. The minimum Gasteiger partial charge on any atom is -0.477 e. The Hall–Kier alpha value is -2.11. The second-order valence-electron chi connectivity index (χ2n) is 4.30. The summed E-state index contributed by atoms with van der Waals surface area (Å²) in [5.74, 6) is -1.34. The van der Waals surface area contributed by atoms with E-state index in [4.69, 9.17) is 16.7 Å². The molecule has 0 unspecified atom stereocenters. The van der Waals surface area contributed by atoms with E-state index in [1.807, 2.05) is 19.1 Å². The van der Waals surface area contributed by atoms with Gasteiger partial charge in [0.2, 0.25) is 5.91 Å². The zero-order valence-corrected chi connectivity index (χ0v) is 12.7. The molecule has 4 nitrogen and oxygen atoms in total. The number of carbonyl (C=O) groups excluding carboxylic acids is 1. The highest BCUT2D eigenvalue weighted by molar-refractivity contribution is 7.18. The second kappa shape index (κ2) is 6.56. The summed E-state index contributed by atoms with van der Waals surface area (Å²) >= 11 is 7.01. The number of halogens is 1. The fourth-order valence-electron chi connectivity index (χ4n) is 1.57. The zero-order chi connectivity index (χ0) is 15.4. The number of aryl methyl sites for hydroxylation is 1. The average molecular weight is 322 g/mol. The maximum atomic E-state index is 11.7. The first kappa shape index (κ1) is 15.3. The fraction of sp³-hybridized carbons (Fsp3) is 0.0667. The molecule has 0 aliphatic rings. The van der Waals surface area contributed by atoms with Gasteiger partial charge in [0, 0.05) is 11.1 Å². The van der Waals surface area contributed by atoms with Crippen LogP contribution in [-0.4, -0.2) is 17.0 Å². The number of thiophene rings is 1. The molecule has 0 fully saturated rings. The molecule has 0 spiro atoms. The Morgan fingerprint density at radius 3 is 2.67 bits per heavy atom. The molecule has 21 heavy (non-hydrogen) atoms. The van der Waals surface area contributed by atoms with Crippen LogP contribution in [0, 0.1) is 6.92 Å². The van der Waals surface area contributed by atoms with E-state index in [2.05, 4.69) is 5.32 Å². The molecular formula is C15H12ClNO3S. The SMILES string of the molecule is Cc1ccc(/C=C/C(=O)Nc2ccc(C(=O)O)s2)cc1Cl. The number of amides is 1. The van der Waals surface area contributed by atoms with E-state index < -0.39 is 5.97 Å². The topological polar surface area (TPSA) is 66.4 Å². The van der Waals surface area contributed by atoms with Gasteiger partial charge in [-0.3, -0.25) is 4.79 Å². The Morgan fingerprint density at radius 1 is 1.29 bits per heavy atom. The van der Waals surface area contributed by atoms with Crippen LogP contribution in [0.1, 0.15) is 20.8 Å². The molecule has 2 aromatic rings. The minimum atomic E-state index is -1.01. The maximum Gasteiger partial charge on any atom is 0.345 e.